The van der Waals surface area contributed by atoms with Gasteiger partial charge in [-0.1, -0.05) is 13.3 Å². The van der Waals surface area contributed by atoms with Crippen LogP contribution in [0.15, 0.2) is 0 Å². The molecule has 0 saturated heterocycles. The van der Waals surface area contributed by atoms with Gasteiger partial charge in [0.25, 0.3) is 0 Å². The van der Waals surface area contributed by atoms with Gasteiger partial charge in [-0.3, -0.25) is 0 Å². The Kier molecular flexibility index (Phi) is 22.2. The monoisotopic (exact) mass is 253 g/mol. The normalized spacial score (nSPS) is 8.46. The molecule has 0 aliphatic heterocycles. The van der Waals surface area contributed by atoms with Crippen LogP contribution in [0.5, 0.6) is 0 Å². The minimum atomic E-state index is -4.64. The van der Waals surface area contributed by atoms with Crippen LogP contribution >= 0.6 is 7.82 Å². The number of rotatable bonds is 2. The topological polar surface area (TPSA) is 135 Å². The zero-order valence-corrected chi connectivity index (χ0v) is 9.58. The van der Waals surface area contributed by atoms with E-state index in [1.165, 1.54) is 0 Å². The van der Waals surface area contributed by atoms with E-state index in [4.69, 9.17) is 31.4 Å². The van der Waals surface area contributed by atoms with Crippen molar-refractivity contribution in [1.29, 1.82) is 0 Å². The predicted molar refractivity (Wildman–Crippen MR) is 39.2 cm³/mol. The first-order valence-corrected chi connectivity index (χ1v) is 6.13. The first kappa shape index (κ1) is 19.2. The summed E-state index contributed by atoms with van der Waals surface area (Å²) in [4.78, 5) is 21.6. The summed E-state index contributed by atoms with van der Waals surface area (Å²) in [6, 6.07) is 0. The van der Waals surface area contributed by atoms with Gasteiger partial charge in [0.1, 0.15) is 0 Å². The quantitative estimate of drug-likeness (QED) is 0.320. The molecule has 13 heavy (non-hydrogen) atoms. The Morgan fingerprint density at radius 3 is 1.54 bits per heavy atom. The molecular weight excluding hydrogens is 239 g/mol. The molecule has 0 spiro atoms. The molecule has 0 radical (unpaired) electrons. The van der Waals surface area contributed by atoms with E-state index in [0.29, 0.717) is 6.61 Å². The number of hydrogen-bond donors (Lipinski definition) is 5. The number of phosphoric acid groups is 1. The van der Waals surface area contributed by atoms with Crippen LogP contribution in [-0.4, -0.2) is 30.1 Å². The molecule has 0 saturated carbocycles. The summed E-state index contributed by atoms with van der Waals surface area (Å²) in [6.07, 6.45) is 2.04. The Labute approximate surface area is 85.4 Å². The molecule has 0 rings (SSSR count). The Hall–Kier alpha value is 0.544. The fraction of sp³-hybridized carbons (Fsp3) is 1.00. The van der Waals surface area contributed by atoms with Crippen molar-refractivity contribution >= 4 is 7.82 Å². The van der Waals surface area contributed by atoms with E-state index in [1.54, 1.807) is 0 Å². The Morgan fingerprint density at radius 1 is 1.31 bits per heavy atom. The van der Waals surface area contributed by atoms with Crippen molar-refractivity contribution in [2.45, 2.75) is 19.8 Å². The van der Waals surface area contributed by atoms with Crippen LogP contribution in [0.25, 0.3) is 0 Å². The average Bonchev–Trinajstić information content (AvgIpc) is 1.87. The zero-order chi connectivity index (χ0) is 11.3. The molecule has 0 fully saturated rings. The van der Waals surface area contributed by atoms with Gasteiger partial charge in [0, 0.05) is 6.61 Å². The van der Waals surface area contributed by atoms with Crippen LogP contribution in [0.4, 0.5) is 0 Å². The maximum atomic E-state index is 8.88. The van der Waals surface area contributed by atoms with Crippen molar-refractivity contribution in [1.82, 2.24) is 0 Å². The van der Waals surface area contributed by atoms with Crippen molar-refractivity contribution in [3.05, 3.63) is 0 Å². The second-order valence-corrected chi connectivity index (χ2v) is 2.99. The number of unbranched alkanes of at least 4 members (excludes halogenated alkanes) is 1. The van der Waals surface area contributed by atoms with Gasteiger partial charge in [-0.15, -0.1) is 0 Å². The maximum absolute atomic E-state index is 8.88. The van der Waals surface area contributed by atoms with E-state index in [-0.39, 0.29) is 0 Å². The van der Waals surface area contributed by atoms with E-state index in [1.807, 2.05) is 0 Å². The summed E-state index contributed by atoms with van der Waals surface area (Å²) in [5.41, 5.74) is 0. The molecule has 0 aliphatic carbocycles. The van der Waals surface area contributed by atoms with E-state index in [9.17, 15) is 0 Å². The van der Waals surface area contributed by atoms with Crippen molar-refractivity contribution < 1.29 is 50.9 Å². The third kappa shape index (κ3) is 215. The first-order valence-electron chi connectivity index (χ1n) is 3.23. The fourth-order valence-electron chi connectivity index (χ4n) is 0.158. The van der Waals surface area contributed by atoms with E-state index < -0.39 is 27.3 Å². The SMILES string of the molecule is CCCCO.O=P(O)(O)O.[O]=[Ti][OH]. The van der Waals surface area contributed by atoms with Crippen LogP contribution in [0, 0.1) is 0 Å². The van der Waals surface area contributed by atoms with E-state index in [2.05, 4.69) is 6.92 Å². The Morgan fingerprint density at radius 2 is 1.54 bits per heavy atom. The summed E-state index contributed by atoms with van der Waals surface area (Å²) in [5.74, 6) is 0. The predicted octanol–water partition coefficient (Wildman–Crippen LogP) is -0.828. The van der Waals surface area contributed by atoms with E-state index in [0.717, 1.165) is 12.8 Å². The molecule has 0 aromatic carbocycles. The molecule has 0 amide bonds. The number of aliphatic hydroxyl groups excluding tert-OH is 1. The molecule has 7 nitrogen and oxygen atoms in total. The van der Waals surface area contributed by atoms with Gasteiger partial charge in [0.2, 0.25) is 0 Å². The summed E-state index contributed by atoms with van der Waals surface area (Å²) < 4.78 is 24.6. The van der Waals surface area contributed by atoms with E-state index >= 15 is 0 Å². The zero-order valence-electron chi connectivity index (χ0n) is 7.12. The molecule has 0 atom stereocenters. The minimum absolute atomic E-state index is 0.344. The van der Waals surface area contributed by atoms with Gasteiger partial charge in [-0.2, -0.15) is 0 Å². The molecule has 0 aliphatic rings. The van der Waals surface area contributed by atoms with Crippen LogP contribution in [0.1, 0.15) is 19.8 Å². The second-order valence-electron chi connectivity index (χ2n) is 1.68. The second kappa shape index (κ2) is 15.0. The van der Waals surface area contributed by atoms with Crippen LogP contribution < -0.4 is 0 Å². The molecule has 0 heterocycles. The van der Waals surface area contributed by atoms with Crippen LogP contribution in [-0.2, 0) is 27.4 Å². The van der Waals surface area contributed by atoms with Gasteiger partial charge >= 0.3 is 34.3 Å². The van der Waals surface area contributed by atoms with Crippen molar-refractivity contribution in [2.75, 3.05) is 6.61 Å². The fourth-order valence-corrected chi connectivity index (χ4v) is 0.158. The summed E-state index contributed by atoms with van der Waals surface area (Å²) >= 11 is -1.75. The number of aliphatic hydroxyl groups is 1. The average molecular weight is 253 g/mol. The molecule has 0 aromatic heterocycles. The Balaban J connectivity index is -0.000000120. The number of hydrogen-bond acceptors (Lipinski definition) is 3. The molecule has 0 aromatic rings. The molecule has 9 heteroatoms. The van der Waals surface area contributed by atoms with Crippen molar-refractivity contribution in [3.63, 3.8) is 0 Å². The Bertz CT molecular complexity index is 124. The standard InChI is InChI=1S/C4H10O.H3O4P.H2O.O.Ti/c1-2-3-4-5;1-5(2,3)4;;;/h5H,2-4H2,1H3;(H3,1,2,3,4);1H2;;/q;;;;+1/p-1. The van der Waals surface area contributed by atoms with Crippen LogP contribution in [0.2, 0.25) is 0 Å². The first-order chi connectivity index (χ1) is 5.83. The van der Waals surface area contributed by atoms with Crippen molar-refractivity contribution in [3.8, 4) is 0 Å². The van der Waals surface area contributed by atoms with Gasteiger partial charge < -0.3 is 19.8 Å². The third-order valence-electron chi connectivity index (χ3n) is 0.512. The summed E-state index contributed by atoms with van der Waals surface area (Å²) in [5, 5.41) is 8.07. The third-order valence-corrected chi connectivity index (χ3v) is 0.512. The molecule has 0 bridgehead atoms. The van der Waals surface area contributed by atoms with Gasteiger partial charge in [-0.05, 0) is 6.42 Å². The van der Waals surface area contributed by atoms with Gasteiger partial charge in [-0.25, -0.2) is 4.57 Å². The van der Waals surface area contributed by atoms with Crippen LogP contribution in [0.3, 0.4) is 0 Å². The van der Waals surface area contributed by atoms with Gasteiger partial charge in [0.05, 0.1) is 0 Å². The summed E-state index contributed by atoms with van der Waals surface area (Å²) in [7, 11) is -4.64. The van der Waals surface area contributed by atoms with Crippen molar-refractivity contribution in [2.24, 2.45) is 0 Å². The molecule has 0 unspecified atom stereocenters. The molecule has 81 valence electrons. The molecule has 5 N–H and O–H groups in total. The molecular formula is C4H14O7PTi. The van der Waals surface area contributed by atoms with Gasteiger partial charge in [0.15, 0.2) is 0 Å². The summed E-state index contributed by atoms with van der Waals surface area (Å²) in [6.45, 7) is 2.40.